The number of aromatic nitrogens is 3. The van der Waals surface area contributed by atoms with Crippen molar-refractivity contribution in [3.8, 4) is 0 Å². The van der Waals surface area contributed by atoms with E-state index < -0.39 is 5.97 Å². The molecule has 29 heavy (non-hydrogen) atoms. The van der Waals surface area contributed by atoms with Crippen molar-refractivity contribution in [2.75, 3.05) is 5.32 Å². The molecule has 5 aromatic rings. The number of rotatable bonds is 3. The van der Waals surface area contributed by atoms with E-state index in [2.05, 4.69) is 15.3 Å². The van der Waals surface area contributed by atoms with Gasteiger partial charge >= 0.3 is 5.97 Å². The Bertz CT molecular complexity index is 1430. The van der Waals surface area contributed by atoms with E-state index in [0.717, 1.165) is 38.4 Å². The number of aryl methyl sites for hydroxylation is 1. The minimum Gasteiger partial charge on any atom is -0.478 e. The molecule has 6 heteroatoms. The normalized spacial score (nSPS) is 11.2. The Labute approximate surface area is 165 Å². The highest BCUT2D eigenvalue weighted by Crippen LogP contribution is 2.33. The van der Waals surface area contributed by atoms with Gasteiger partial charge in [-0.05, 0) is 37.3 Å². The zero-order valence-corrected chi connectivity index (χ0v) is 15.5. The van der Waals surface area contributed by atoms with Gasteiger partial charge in [0.1, 0.15) is 5.82 Å². The van der Waals surface area contributed by atoms with E-state index in [4.69, 9.17) is 4.98 Å². The summed E-state index contributed by atoms with van der Waals surface area (Å²) in [6.45, 7) is 1.95. The topological polar surface area (TPSA) is 88.0 Å². The van der Waals surface area contributed by atoms with Crippen molar-refractivity contribution in [2.45, 2.75) is 6.92 Å². The van der Waals surface area contributed by atoms with Crippen LogP contribution in [-0.2, 0) is 0 Å². The van der Waals surface area contributed by atoms with Crippen LogP contribution in [0.15, 0.2) is 67.0 Å². The van der Waals surface area contributed by atoms with Crippen LogP contribution in [0.2, 0.25) is 0 Å². The van der Waals surface area contributed by atoms with E-state index in [1.54, 1.807) is 30.6 Å². The minimum absolute atomic E-state index is 0.199. The van der Waals surface area contributed by atoms with Crippen molar-refractivity contribution in [1.82, 2.24) is 15.0 Å². The average molecular weight is 380 g/mol. The molecule has 0 fully saturated rings. The van der Waals surface area contributed by atoms with Crippen LogP contribution < -0.4 is 5.32 Å². The maximum atomic E-state index is 11.4. The smallest absolute Gasteiger partial charge is 0.335 e. The van der Waals surface area contributed by atoms with Gasteiger partial charge in [0.2, 0.25) is 0 Å². The van der Waals surface area contributed by atoms with Gasteiger partial charge in [0, 0.05) is 39.6 Å². The van der Waals surface area contributed by atoms with Crippen molar-refractivity contribution in [1.29, 1.82) is 0 Å². The molecule has 0 unspecified atom stereocenters. The first-order chi connectivity index (χ1) is 14.1. The summed E-state index contributed by atoms with van der Waals surface area (Å²) in [6, 6.07) is 16.8. The van der Waals surface area contributed by atoms with Crippen LogP contribution in [-0.4, -0.2) is 26.0 Å². The van der Waals surface area contributed by atoms with Gasteiger partial charge < -0.3 is 10.4 Å². The second kappa shape index (κ2) is 6.53. The van der Waals surface area contributed by atoms with Crippen molar-refractivity contribution in [2.24, 2.45) is 0 Å². The maximum Gasteiger partial charge on any atom is 0.335 e. The van der Waals surface area contributed by atoms with Gasteiger partial charge in [-0.1, -0.05) is 24.3 Å². The van der Waals surface area contributed by atoms with Crippen LogP contribution in [0, 0.1) is 6.92 Å². The van der Waals surface area contributed by atoms with Crippen molar-refractivity contribution in [3.63, 3.8) is 0 Å². The first kappa shape index (κ1) is 17.1. The summed E-state index contributed by atoms with van der Waals surface area (Å²) in [5, 5.41) is 16.5. The standard InChI is InChI=1S/C23H16N4O2/c1-13-10-20(17-4-2-3-5-19(17)25-13)26-22-16-8-9-24-12-18(16)15-7-6-14(23(28)29)11-21(15)27-22/h2-12H,1H3,(H,28,29)(H,25,26,27). The van der Waals surface area contributed by atoms with E-state index in [1.165, 1.54) is 0 Å². The summed E-state index contributed by atoms with van der Waals surface area (Å²) in [6.07, 6.45) is 3.50. The lowest BCUT2D eigenvalue weighted by molar-refractivity contribution is 0.0697. The van der Waals surface area contributed by atoms with E-state index in [-0.39, 0.29) is 5.56 Å². The zero-order valence-electron chi connectivity index (χ0n) is 15.5. The Balaban J connectivity index is 1.77. The summed E-state index contributed by atoms with van der Waals surface area (Å²) < 4.78 is 0. The number of pyridine rings is 3. The molecule has 0 atom stereocenters. The number of carboxylic acid groups (broad SMARTS) is 1. The van der Waals surface area contributed by atoms with Crippen molar-refractivity contribution >= 4 is 50.1 Å². The van der Waals surface area contributed by atoms with Crippen LogP contribution in [0.4, 0.5) is 11.5 Å². The summed E-state index contributed by atoms with van der Waals surface area (Å²) in [4.78, 5) is 25.0. The molecule has 3 aromatic heterocycles. The van der Waals surface area contributed by atoms with E-state index in [9.17, 15) is 9.90 Å². The number of nitrogens with zero attached hydrogens (tertiary/aromatic N) is 3. The molecule has 0 radical (unpaired) electrons. The molecule has 0 saturated heterocycles. The molecule has 0 bridgehead atoms. The monoisotopic (exact) mass is 380 g/mol. The Hall–Kier alpha value is -4.06. The molecule has 6 nitrogen and oxygen atoms in total. The number of aromatic carboxylic acids is 1. The third-order valence-electron chi connectivity index (χ3n) is 4.94. The minimum atomic E-state index is -0.981. The predicted molar refractivity (Wildman–Crippen MR) is 114 cm³/mol. The van der Waals surface area contributed by atoms with Gasteiger partial charge in [0.25, 0.3) is 0 Å². The Morgan fingerprint density at radius 2 is 1.76 bits per heavy atom. The SMILES string of the molecule is Cc1cc(Nc2nc3cc(C(=O)O)ccc3c3cnccc23)c2ccccc2n1. The molecule has 0 aliphatic rings. The van der Waals surface area contributed by atoms with Crippen LogP contribution in [0.5, 0.6) is 0 Å². The number of nitrogens with one attached hydrogen (secondary N) is 1. The summed E-state index contributed by atoms with van der Waals surface area (Å²) in [5.41, 5.74) is 3.49. The second-order valence-corrected chi connectivity index (χ2v) is 6.87. The number of carboxylic acids is 1. The van der Waals surface area contributed by atoms with Crippen LogP contribution in [0.3, 0.4) is 0 Å². The number of hydrogen-bond donors (Lipinski definition) is 2. The third kappa shape index (κ3) is 2.91. The fourth-order valence-corrected chi connectivity index (χ4v) is 3.62. The summed E-state index contributed by atoms with van der Waals surface area (Å²) in [5.74, 6) is -0.335. The third-order valence-corrected chi connectivity index (χ3v) is 4.94. The molecule has 2 N–H and O–H groups in total. The van der Waals surface area contributed by atoms with Crippen LogP contribution in [0.1, 0.15) is 16.1 Å². The number of benzene rings is 2. The number of carbonyl (C=O) groups is 1. The molecule has 0 aliphatic heterocycles. The lowest BCUT2D eigenvalue weighted by Gasteiger charge is -2.14. The largest absolute Gasteiger partial charge is 0.478 e. The molecule has 5 rings (SSSR count). The average Bonchev–Trinajstić information content (AvgIpc) is 2.73. The van der Waals surface area contributed by atoms with E-state index in [0.29, 0.717) is 11.3 Å². The molecular weight excluding hydrogens is 364 g/mol. The molecule has 2 aromatic carbocycles. The van der Waals surface area contributed by atoms with Crippen molar-refractivity contribution in [3.05, 3.63) is 78.2 Å². The summed E-state index contributed by atoms with van der Waals surface area (Å²) in [7, 11) is 0. The van der Waals surface area contributed by atoms with Gasteiger partial charge in [-0.2, -0.15) is 0 Å². The number of fused-ring (bicyclic) bond motifs is 4. The van der Waals surface area contributed by atoms with Crippen LogP contribution in [0.25, 0.3) is 32.6 Å². The lowest BCUT2D eigenvalue weighted by atomic mass is 10.1. The summed E-state index contributed by atoms with van der Waals surface area (Å²) >= 11 is 0. The first-order valence-electron chi connectivity index (χ1n) is 9.14. The van der Waals surface area contributed by atoms with Gasteiger partial charge in [0.05, 0.1) is 22.3 Å². The number of para-hydroxylation sites is 1. The molecule has 140 valence electrons. The zero-order chi connectivity index (χ0) is 20.0. The Morgan fingerprint density at radius 1 is 0.897 bits per heavy atom. The molecule has 0 spiro atoms. The van der Waals surface area contributed by atoms with Gasteiger partial charge in [-0.15, -0.1) is 0 Å². The van der Waals surface area contributed by atoms with Gasteiger partial charge in [-0.25, -0.2) is 9.78 Å². The predicted octanol–water partition coefficient (Wildman–Crippen LogP) is 5.08. The second-order valence-electron chi connectivity index (χ2n) is 6.87. The van der Waals surface area contributed by atoms with E-state index in [1.807, 2.05) is 43.3 Å². The highest BCUT2D eigenvalue weighted by Gasteiger charge is 2.13. The first-order valence-corrected chi connectivity index (χ1v) is 9.14. The quantitative estimate of drug-likeness (QED) is 0.424. The molecule has 0 aliphatic carbocycles. The van der Waals surface area contributed by atoms with Crippen molar-refractivity contribution < 1.29 is 9.90 Å². The maximum absolute atomic E-state index is 11.4. The molecular formula is C23H16N4O2. The number of anilines is 2. The van der Waals surface area contributed by atoms with Gasteiger partial charge in [0.15, 0.2) is 0 Å². The molecule has 0 amide bonds. The number of hydrogen-bond acceptors (Lipinski definition) is 5. The fourth-order valence-electron chi connectivity index (χ4n) is 3.62. The fraction of sp³-hybridized carbons (Fsp3) is 0.0435. The highest BCUT2D eigenvalue weighted by atomic mass is 16.4. The molecule has 3 heterocycles. The van der Waals surface area contributed by atoms with E-state index >= 15 is 0 Å². The van der Waals surface area contributed by atoms with Crippen LogP contribution >= 0.6 is 0 Å². The highest BCUT2D eigenvalue weighted by molar-refractivity contribution is 6.11. The van der Waals surface area contributed by atoms with Gasteiger partial charge in [-0.3, -0.25) is 9.97 Å². The molecule has 0 saturated carbocycles. The Morgan fingerprint density at radius 3 is 2.62 bits per heavy atom. The Kier molecular flexibility index (Phi) is 3.84. The lowest BCUT2D eigenvalue weighted by Crippen LogP contribution is -2.00.